The van der Waals surface area contributed by atoms with Crippen molar-refractivity contribution in [2.45, 2.75) is 26.2 Å². The van der Waals surface area contributed by atoms with E-state index in [9.17, 15) is 4.79 Å². The Bertz CT molecular complexity index is 1030. The maximum Gasteiger partial charge on any atom is 0.246 e. The lowest BCUT2D eigenvalue weighted by atomic mass is 9.92. The first-order chi connectivity index (χ1) is 15.2. The van der Waals surface area contributed by atoms with Crippen LogP contribution in [0.2, 0.25) is 0 Å². The summed E-state index contributed by atoms with van der Waals surface area (Å²) in [6.45, 7) is 3.58. The molecule has 0 spiro atoms. The lowest BCUT2D eigenvalue weighted by Gasteiger charge is -2.31. The summed E-state index contributed by atoms with van der Waals surface area (Å²) in [4.78, 5) is 27.8. The van der Waals surface area contributed by atoms with Gasteiger partial charge in [0.1, 0.15) is 11.6 Å². The molecule has 3 aromatic rings. The van der Waals surface area contributed by atoms with Gasteiger partial charge in [0, 0.05) is 25.4 Å². The molecular weight excluding hydrogens is 386 g/mol. The van der Waals surface area contributed by atoms with Gasteiger partial charge in [0.25, 0.3) is 0 Å². The average molecular weight is 414 g/mol. The Morgan fingerprint density at radius 1 is 1.06 bits per heavy atom. The molecular formula is C25H27N5O. The van der Waals surface area contributed by atoms with Gasteiger partial charge in [-0.05, 0) is 55.4 Å². The number of rotatable bonds is 6. The molecule has 1 saturated heterocycles. The first-order valence-electron chi connectivity index (χ1n) is 10.7. The zero-order valence-electron chi connectivity index (χ0n) is 17.7. The number of carbonyl (C=O) groups excluding carboxylic acids is 1. The number of hydrogen-bond donors (Lipinski definition) is 1. The van der Waals surface area contributed by atoms with Crippen LogP contribution in [0.15, 0.2) is 67.1 Å². The molecule has 1 amide bonds. The fourth-order valence-electron chi connectivity index (χ4n) is 3.75. The third-order valence-corrected chi connectivity index (χ3v) is 5.60. The highest BCUT2D eigenvalue weighted by molar-refractivity contribution is 5.91. The van der Waals surface area contributed by atoms with E-state index in [0.717, 1.165) is 55.0 Å². The Labute approximate surface area is 183 Å². The third-order valence-electron chi connectivity index (χ3n) is 5.60. The highest BCUT2D eigenvalue weighted by Gasteiger charge is 2.22. The topological polar surface area (TPSA) is 71.0 Å². The van der Waals surface area contributed by atoms with Crippen LogP contribution in [0.1, 0.15) is 29.7 Å². The molecule has 6 nitrogen and oxygen atoms in total. The number of aryl methyl sites for hydroxylation is 1. The van der Waals surface area contributed by atoms with Crippen molar-refractivity contribution >= 4 is 23.6 Å². The monoisotopic (exact) mass is 413 g/mol. The fourth-order valence-corrected chi connectivity index (χ4v) is 3.75. The molecule has 0 bridgehead atoms. The van der Waals surface area contributed by atoms with Crippen molar-refractivity contribution in [1.29, 1.82) is 0 Å². The van der Waals surface area contributed by atoms with Gasteiger partial charge in [-0.3, -0.25) is 9.78 Å². The Morgan fingerprint density at radius 2 is 1.87 bits per heavy atom. The number of nitrogens with one attached hydrogen (secondary N) is 1. The zero-order chi connectivity index (χ0) is 21.5. The second-order valence-corrected chi connectivity index (χ2v) is 7.90. The van der Waals surface area contributed by atoms with Crippen LogP contribution in [0.4, 0.5) is 11.6 Å². The minimum Gasteiger partial charge on any atom is -0.339 e. The molecule has 6 heteroatoms. The van der Waals surface area contributed by atoms with Gasteiger partial charge in [-0.1, -0.05) is 36.4 Å². The van der Waals surface area contributed by atoms with Crippen LogP contribution in [0.3, 0.4) is 0 Å². The summed E-state index contributed by atoms with van der Waals surface area (Å²) in [7, 11) is 0. The summed E-state index contributed by atoms with van der Waals surface area (Å²) in [5, 5.41) is 3.21. The molecule has 1 aromatic carbocycles. The summed E-state index contributed by atoms with van der Waals surface area (Å²) >= 11 is 0. The largest absolute Gasteiger partial charge is 0.339 e. The second-order valence-electron chi connectivity index (χ2n) is 7.90. The van der Waals surface area contributed by atoms with Crippen molar-refractivity contribution < 1.29 is 4.79 Å². The van der Waals surface area contributed by atoms with Gasteiger partial charge in [-0.15, -0.1) is 0 Å². The standard InChI is InChI=1S/C25H27N5O/c1-19-6-5-13-26-25(19)29-23-18-27-22(17-28-23)16-21-11-14-30(15-12-21)24(31)10-9-20-7-3-2-4-8-20/h2-10,13,17-18,21H,11-12,14-16H2,1H3,(H,26,28,29)/b10-9+. The van der Waals surface area contributed by atoms with Crippen LogP contribution in [-0.4, -0.2) is 38.8 Å². The normalized spacial score (nSPS) is 14.7. The van der Waals surface area contributed by atoms with Crippen molar-refractivity contribution in [2.24, 2.45) is 5.92 Å². The van der Waals surface area contributed by atoms with Gasteiger partial charge in [0.15, 0.2) is 0 Å². The Morgan fingerprint density at radius 3 is 2.58 bits per heavy atom. The number of amides is 1. The van der Waals surface area contributed by atoms with E-state index < -0.39 is 0 Å². The Hall–Kier alpha value is -3.54. The van der Waals surface area contributed by atoms with Crippen LogP contribution >= 0.6 is 0 Å². The van der Waals surface area contributed by atoms with E-state index in [1.54, 1.807) is 18.5 Å². The summed E-state index contributed by atoms with van der Waals surface area (Å²) in [6, 6.07) is 13.8. The third kappa shape index (κ3) is 5.75. The number of aromatic nitrogens is 3. The molecule has 0 atom stereocenters. The molecule has 0 saturated carbocycles. The molecule has 31 heavy (non-hydrogen) atoms. The SMILES string of the molecule is Cc1cccnc1Nc1cnc(CC2CCN(C(=O)/C=C/c3ccccc3)CC2)cn1. The van der Waals surface area contributed by atoms with Gasteiger partial charge in [-0.25, -0.2) is 9.97 Å². The van der Waals surface area contributed by atoms with Crippen LogP contribution < -0.4 is 5.32 Å². The highest BCUT2D eigenvalue weighted by Crippen LogP contribution is 2.22. The zero-order valence-corrected chi connectivity index (χ0v) is 17.7. The maximum absolute atomic E-state index is 12.5. The summed E-state index contributed by atoms with van der Waals surface area (Å²) in [5.41, 5.74) is 3.09. The van der Waals surface area contributed by atoms with E-state index >= 15 is 0 Å². The fraction of sp³-hybridized carbons (Fsp3) is 0.280. The number of carbonyl (C=O) groups is 1. The van der Waals surface area contributed by atoms with Gasteiger partial charge >= 0.3 is 0 Å². The summed E-state index contributed by atoms with van der Waals surface area (Å²) < 4.78 is 0. The van der Waals surface area contributed by atoms with Crippen molar-refractivity contribution in [3.05, 3.63) is 84.0 Å². The van der Waals surface area contributed by atoms with Crippen LogP contribution in [0.5, 0.6) is 0 Å². The number of nitrogens with zero attached hydrogens (tertiary/aromatic N) is 4. The Kier molecular flexibility index (Phi) is 6.67. The van der Waals surface area contributed by atoms with E-state index in [-0.39, 0.29) is 5.91 Å². The molecule has 4 rings (SSSR count). The molecule has 1 aliphatic heterocycles. The molecule has 3 heterocycles. The predicted octanol–water partition coefficient (Wildman–Crippen LogP) is 4.42. The van der Waals surface area contributed by atoms with Crippen molar-refractivity contribution in [2.75, 3.05) is 18.4 Å². The molecule has 1 aliphatic rings. The lowest BCUT2D eigenvalue weighted by molar-refractivity contribution is -0.127. The molecule has 1 N–H and O–H groups in total. The number of hydrogen-bond acceptors (Lipinski definition) is 5. The van der Waals surface area contributed by atoms with Crippen molar-refractivity contribution in [3.8, 4) is 0 Å². The van der Waals surface area contributed by atoms with Gasteiger partial charge < -0.3 is 10.2 Å². The first kappa shape index (κ1) is 20.7. The second kappa shape index (κ2) is 9.98. The Balaban J connectivity index is 1.25. The summed E-state index contributed by atoms with van der Waals surface area (Å²) in [6.07, 6.45) is 11.8. The smallest absolute Gasteiger partial charge is 0.246 e. The lowest BCUT2D eigenvalue weighted by Crippen LogP contribution is -2.38. The molecule has 158 valence electrons. The van der Waals surface area contributed by atoms with Crippen LogP contribution in [0.25, 0.3) is 6.08 Å². The molecule has 0 unspecified atom stereocenters. The van der Waals surface area contributed by atoms with Gasteiger partial charge in [0.05, 0.1) is 18.1 Å². The number of benzene rings is 1. The van der Waals surface area contributed by atoms with Crippen LogP contribution in [0, 0.1) is 12.8 Å². The number of piperidine rings is 1. The van der Waals surface area contributed by atoms with E-state index in [1.165, 1.54) is 0 Å². The van der Waals surface area contributed by atoms with E-state index in [1.807, 2.05) is 66.6 Å². The predicted molar refractivity (Wildman–Crippen MR) is 123 cm³/mol. The summed E-state index contributed by atoms with van der Waals surface area (Å²) in [5.74, 6) is 2.09. The number of anilines is 2. The molecule has 0 aliphatic carbocycles. The number of pyridine rings is 1. The minimum absolute atomic E-state index is 0.0855. The van der Waals surface area contributed by atoms with E-state index in [2.05, 4.69) is 20.3 Å². The van der Waals surface area contributed by atoms with E-state index in [0.29, 0.717) is 11.7 Å². The van der Waals surface area contributed by atoms with Crippen molar-refractivity contribution in [3.63, 3.8) is 0 Å². The first-order valence-corrected chi connectivity index (χ1v) is 10.7. The number of likely N-dealkylation sites (tertiary alicyclic amines) is 1. The van der Waals surface area contributed by atoms with Crippen LogP contribution in [-0.2, 0) is 11.2 Å². The molecule has 0 radical (unpaired) electrons. The van der Waals surface area contributed by atoms with Gasteiger partial charge in [0.2, 0.25) is 5.91 Å². The molecule has 2 aromatic heterocycles. The minimum atomic E-state index is 0.0855. The molecule has 1 fully saturated rings. The van der Waals surface area contributed by atoms with Crippen molar-refractivity contribution in [1.82, 2.24) is 19.9 Å². The van der Waals surface area contributed by atoms with E-state index in [4.69, 9.17) is 0 Å². The maximum atomic E-state index is 12.5. The van der Waals surface area contributed by atoms with Gasteiger partial charge in [-0.2, -0.15) is 0 Å². The quantitative estimate of drug-likeness (QED) is 0.606. The highest BCUT2D eigenvalue weighted by atomic mass is 16.2. The average Bonchev–Trinajstić information content (AvgIpc) is 2.81.